The first-order valence-electron chi connectivity index (χ1n) is 5.62. The quantitative estimate of drug-likeness (QED) is 0.794. The van der Waals surface area contributed by atoms with Crippen LogP contribution < -0.4 is 5.32 Å². The second kappa shape index (κ2) is 5.74. The summed E-state index contributed by atoms with van der Waals surface area (Å²) in [5, 5.41) is 12.2. The van der Waals surface area contributed by atoms with Gasteiger partial charge in [-0.3, -0.25) is 10.1 Å². The first-order valence-corrected chi connectivity index (χ1v) is 7.69. The van der Waals surface area contributed by atoms with Gasteiger partial charge in [-0.1, -0.05) is 22.8 Å². The van der Waals surface area contributed by atoms with Crippen molar-refractivity contribution in [1.82, 2.24) is 10.2 Å². The maximum atomic E-state index is 11.9. The summed E-state index contributed by atoms with van der Waals surface area (Å²) in [6.07, 6.45) is 0.561. The number of hydrogen-bond donors (Lipinski definition) is 1. The number of aromatic nitrogens is 2. The molecule has 0 saturated carbocycles. The zero-order valence-electron chi connectivity index (χ0n) is 10.00. The third kappa shape index (κ3) is 3.06. The summed E-state index contributed by atoms with van der Waals surface area (Å²) in [5.74, 6) is 0.153. The third-order valence-electron chi connectivity index (χ3n) is 2.39. The van der Waals surface area contributed by atoms with E-state index in [0.717, 1.165) is 4.88 Å². The van der Waals surface area contributed by atoms with Crippen molar-refractivity contribution in [2.24, 2.45) is 0 Å². The normalized spacial score (nSPS) is 10.7. The first kappa shape index (κ1) is 13.3. The highest BCUT2D eigenvalue weighted by molar-refractivity contribution is 7.18. The van der Waals surface area contributed by atoms with Gasteiger partial charge in [0.15, 0.2) is 0 Å². The molecule has 3 aromatic heterocycles. The van der Waals surface area contributed by atoms with Crippen molar-refractivity contribution < 1.29 is 9.21 Å². The van der Waals surface area contributed by atoms with Gasteiger partial charge in [0, 0.05) is 4.88 Å². The van der Waals surface area contributed by atoms with Gasteiger partial charge in [-0.15, -0.1) is 27.8 Å². The molecule has 3 rings (SSSR count). The van der Waals surface area contributed by atoms with E-state index < -0.39 is 0 Å². The Bertz CT molecular complexity index is 721. The van der Waals surface area contributed by atoms with E-state index in [2.05, 4.69) is 15.5 Å². The lowest BCUT2D eigenvalue weighted by molar-refractivity contribution is 0.102. The molecule has 0 spiro atoms. The van der Waals surface area contributed by atoms with Crippen molar-refractivity contribution in [1.29, 1.82) is 0 Å². The van der Waals surface area contributed by atoms with Gasteiger partial charge in [-0.2, -0.15) is 0 Å². The van der Waals surface area contributed by atoms with Gasteiger partial charge in [0.1, 0.15) is 0 Å². The molecule has 5 nitrogen and oxygen atoms in total. The largest absolute Gasteiger partial charge is 0.407 e. The number of rotatable bonds is 4. The number of nitrogens with zero attached hydrogens (tertiary/aromatic N) is 2. The van der Waals surface area contributed by atoms with Crippen LogP contribution in [0.25, 0.3) is 0 Å². The molecule has 0 bridgehead atoms. The Kier molecular flexibility index (Phi) is 3.81. The monoisotopic (exact) mass is 325 g/mol. The van der Waals surface area contributed by atoms with Crippen LogP contribution in [0.15, 0.2) is 34.1 Å². The number of thiophene rings is 2. The fourth-order valence-electron chi connectivity index (χ4n) is 1.53. The number of carbonyl (C=O) groups excluding carboxylic acids is 1. The van der Waals surface area contributed by atoms with Crippen LogP contribution in [0.2, 0.25) is 4.34 Å². The fraction of sp³-hybridized carbons (Fsp3) is 0.0833. The maximum Gasteiger partial charge on any atom is 0.322 e. The molecule has 1 N–H and O–H groups in total. The summed E-state index contributed by atoms with van der Waals surface area (Å²) in [6.45, 7) is 0. The van der Waals surface area contributed by atoms with Crippen molar-refractivity contribution in [2.45, 2.75) is 6.42 Å². The van der Waals surface area contributed by atoms with Crippen molar-refractivity contribution in [3.05, 3.63) is 49.6 Å². The highest BCUT2D eigenvalue weighted by Crippen LogP contribution is 2.22. The average Bonchev–Trinajstić information content (AvgIpc) is 3.13. The van der Waals surface area contributed by atoms with E-state index in [0.29, 0.717) is 21.5 Å². The number of anilines is 1. The van der Waals surface area contributed by atoms with E-state index >= 15 is 0 Å². The van der Waals surface area contributed by atoms with Gasteiger partial charge in [0.25, 0.3) is 5.91 Å². The minimum atomic E-state index is -0.312. The lowest BCUT2D eigenvalue weighted by Crippen LogP contribution is -2.10. The lowest BCUT2D eigenvalue weighted by Gasteiger charge is -1.96. The smallest absolute Gasteiger partial charge is 0.322 e. The average molecular weight is 326 g/mol. The standard InChI is InChI=1S/C12H8ClN3O2S2/c13-9-4-3-8(20-9)11(17)14-12-16-15-10(18-12)6-7-2-1-5-19-7/h1-5H,6H2,(H,14,16,17). The van der Waals surface area contributed by atoms with Crippen LogP contribution in [0.4, 0.5) is 6.01 Å². The van der Waals surface area contributed by atoms with Crippen LogP contribution in [-0.4, -0.2) is 16.1 Å². The van der Waals surface area contributed by atoms with E-state index in [1.165, 1.54) is 11.3 Å². The van der Waals surface area contributed by atoms with Gasteiger partial charge in [0.05, 0.1) is 15.6 Å². The molecule has 0 radical (unpaired) electrons. The zero-order chi connectivity index (χ0) is 13.9. The van der Waals surface area contributed by atoms with E-state index in [4.69, 9.17) is 16.0 Å². The van der Waals surface area contributed by atoms with Crippen LogP contribution in [0.1, 0.15) is 20.4 Å². The highest BCUT2D eigenvalue weighted by Gasteiger charge is 2.13. The summed E-state index contributed by atoms with van der Waals surface area (Å²) in [7, 11) is 0. The van der Waals surface area contributed by atoms with Crippen LogP contribution in [0, 0.1) is 0 Å². The number of nitrogens with one attached hydrogen (secondary N) is 1. The van der Waals surface area contributed by atoms with E-state index in [-0.39, 0.29) is 11.9 Å². The predicted octanol–water partition coefficient (Wildman–Crippen LogP) is 3.69. The minimum absolute atomic E-state index is 0.0890. The van der Waals surface area contributed by atoms with Crippen molar-refractivity contribution in [2.75, 3.05) is 5.32 Å². The molecule has 0 saturated heterocycles. The van der Waals surface area contributed by atoms with E-state index in [9.17, 15) is 4.79 Å². The molecule has 0 aliphatic rings. The van der Waals surface area contributed by atoms with Crippen LogP contribution in [0.5, 0.6) is 0 Å². The van der Waals surface area contributed by atoms with Gasteiger partial charge in [0.2, 0.25) is 5.89 Å². The molecule has 102 valence electrons. The second-order valence-electron chi connectivity index (χ2n) is 3.81. The van der Waals surface area contributed by atoms with Gasteiger partial charge >= 0.3 is 6.01 Å². The molecule has 3 aromatic rings. The zero-order valence-corrected chi connectivity index (χ0v) is 12.4. The minimum Gasteiger partial charge on any atom is -0.407 e. The SMILES string of the molecule is O=C(Nc1nnc(Cc2cccs2)o1)c1ccc(Cl)s1. The lowest BCUT2D eigenvalue weighted by atomic mass is 10.3. The van der Waals surface area contributed by atoms with Gasteiger partial charge in [-0.25, -0.2) is 0 Å². The van der Waals surface area contributed by atoms with Crippen LogP contribution in [-0.2, 0) is 6.42 Å². The van der Waals surface area contributed by atoms with Gasteiger partial charge in [-0.05, 0) is 23.6 Å². The van der Waals surface area contributed by atoms with E-state index in [1.807, 2.05) is 17.5 Å². The predicted molar refractivity (Wildman–Crippen MR) is 78.7 cm³/mol. The van der Waals surface area contributed by atoms with Crippen LogP contribution >= 0.6 is 34.3 Å². The van der Waals surface area contributed by atoms with Crippen molar-refractivity contribution in [3.8, 4) is 0 Å². The first-order chi connectivity index (χ1) is 9.70. The topological polar surface area (TPSA) is 68.0 Å². The molecule has 0 fully saturated rings. The molecular formula is C12H8ClN3O2S2. The Balaban J connectivity index is 1.66. The summed E-state index contributed by atoms with van der Waals surface area (Å²) >= 11 is 8.58. The third-order valence-corrected chi connectivity index (χ3v) is 4.50. The van der Waals surface area contributed by atoms with E-state index in [1.54, 1.807) is 23.5 Å². The Morgan fingerprint density at radius 2 is 2.25 bits per heavy atom. The summed E-state index contributed by atoms with van der Waals surface area (Å²) < 4.78 is 5.93. The number of hydrogen-bond acceptors (Lipinski definition) is 6. The number of halogens is 1. The highest BCUT2D eigenvalue weighted by atomic mass is 35.5. The molecule has 0 atom stereocenters. The molecule has 20 heavy (non-hydrogen) atoms. The van der Waals surface area contributed by atoms with Crippen molar-refractivity contribution in [3.63, 3.8) is 0 Å². The van der Waals surface area contributed by atoms with Crippen LogP contribution in [0.3, 0.4) is 0 Å². The molecule has 0 aliphatic carbocycles. The Labute approximate surface area is 127 Å². The summed E-state index contributed by atoms with van der Waals surface area (Å²) in [4.78, 5) is 13.5. The maximum absolute atomic E-state index is 11.9. The summed E-state index contributed by atoms with van der Waals surface area (Å²) in [5.41, 5.74) is 0. The fourth-order valence-corrected chi connectivity index (χ4v) is 3.17. The molecule has 0 unspecified atom stereocenters. The van der Waals surface area contributed by atoms with Gasteiger partial charge < -0.3 is 4.42 Å². The molecule has 0 aliphatic heterocycles. The molecule has 3 heterocycles. The van der Waals surface area contributed by atoms with Crippen molar-refractivity contribution >= 4 is 46.2 Å². The molecular weight excluding hydrogens is 318 g/mol. The Morgan fingerprint density at radius 1 is 1.35 bits per heavy atom. The second-order valence-corrected chi connectivity index (χ2v) is 6.56. The Hall–Kier alpha value is -1.70. The molecule has 8 heteroatoms. The number of carbonyl (C=O) groups is 1. The Morgan fingerprint density at radius 3 is 2.95 bits per heavy atom. The molecule has 0 aromatic carbocycles. The number of amides is 1. The summed E-state index contributed by atoms with van der Waals surface area (Å²) in [6, 6.07) is 7.34. The molecule has 1 amide bonds.